The maximum Gasteiger partial charge on any atom is 0.358 e. The Hall–Kier alpha value is -3.92. The number of ether oxygens (including phenoxy) is 2. The summed E-state index contributed by atoms with van der Waals surface area (Å²) in [6, 6.07) is -0.950. The Kier molecular flexibility index (Phi) is 8.48. The highest BCUT2D eigenvalue weighted by Crippen LogP contribution is 2.41. The highest BCUT2D eigenvalue weighted by atomic mass is 32.2. The van der Waals surface area contributed by atoms with Crippen LogP contribution in [0, 0.1) is 12.3 Å². The third-order valence-electron chi connectivity index (χ3n) is 5.97. The third-order valence-corrected chi connectivity index (χ3v) is 7.98. The Balaban J connectivity index is 1.54. The molecule has 1 saturated heterocycles. The van der Waals surface area contributed by atoms with Crippen LogP contribution in [0.1, 0.15) is 32.3 Å². The van der Waals surface area contributed by atoms with Crippen LogP contribution in [-0.2, 0) is 40.0 Å². The van der Waals surface area contributed by atoms with E-state index in [1.165, 1.54) is 23.8 Å². The number of aromatic nitrogens is 3. The van der Waals surface area contributed by atoms with E-state index in [1.54, 1.807) is 38.5 Å². The van der Waals surface area contributed by atoms with Crippen LogP contribution in [0.4, 0.5) is 5.13 Å². The van der Waals surface area contributed by atoms with Crippen molar-refractivity contribution in [1.29, 1.82) is 0 Å². The van der Waals surface area contributed by atoms with E-state index >= 15 is 0 Å². The Morgan fingerprint density at radius 3 is 2.62 bits per heavy atom. The number of esters is 2. The van der Waals surface area contributed by atoms with Gasteiger partial charge in [0.2, 0.25) is 6.79 Å². The van der Waals surface area contributed by atoms with Gasteiger partial charge in [0, 0.05) is 30.1 Å². The minimum Gasteiger partial charge on any atom is -0.427 e. The van der Waals surface area contributed by atoms with Crippen LogP contribution < -0.4 is 11.1 Å². The standard InChI is InChI=1S/C24H29N7O7S2/c1-12-26-6-7-30(12)8-13-9-39-20-16(28-18(32)15(29-36-5)14-10-40-23(25)27-14)19(33)31(20)17(13)21(34)37-11-38-22(35)24(2,3)4/h6-7,10,16,20H,8-9,11H2,1-5H3,(H2,25,27)(H,28,32)/t16?,20-/m0/s1. The summed E-state index contributed by atoms with van der Waals surface area (Å²) in [5.41, 5.74) is 5.62. The van der Waals surface area contributed by atoms with Crippen molar-refractivity contribution < 1.29 is 33.5 Å². The van der Waals surface area contributed by atoms with Crippen molar-refractivity contribution in [3.63, 3.8) is 0 Å². The molecule has 2 aliphatic heterocycles. The van der Waals surface area contributed by atoms with Gasteiger partial charge in [0.05, 0.1) is 5.41 Å². The molecule has 0 spiro atoms. The van der Waals surface area contributed by atoms with E-state index in [0.29, 0.717) is 11.3 Å². The second kappa shape index (κ2) is 11.7. The van der Waals surface area contributed by atoms with Crippen LogP contribution in [0.15, 0.2) is 34.2 Å². The lowest BCUT2D eigenvalue weighted by Gasteiger charge is -2.49. The molecule has 40 heavy (non-hydrogen) atoms. The predicted octanol–water partition coefficient (Wildman–Crippen LogP) is 1.02. The highest BCUT2D eigenvalue weighted by molar-refractivity contribution is 8.00. The van der Waals surface area contributed by atoms with E-state index in [1.807, 2.05) is 11.5 Å². The molecule has 0 aliphatic carbocycles. The van der Waals surface area contributed by atoms with Gasteiger partial charge >= 0.3 is 11.9 Å². The molecule has 0 radical (unpaired) electrons. The van der Waals surface area contributed by atoms with Gasteiger partial charge in [-0.3, -0.25) is 19.3 Å². The average molecular weight is 592 g/mol. The molecule has 3 N–H and O–H groups in total. The number of aryl methyl sites for hydroxylation is 1. The van der Waals surface area contributed by atoms with E-state index in [0.717, 1.165) is 17.2 Å². The van der Waals surface area contributed by atoms with Crippen molar-refractivity contribution in [3.05, 3.63) is 40.6 Å². The molecule has 2 atom stereocenters. The normalized spacial score (nSPS) is 19.1. The fourth-order valence-electron chi connectivity index (χ4n) is 3.89. The summed E-state index contributed by atoms with van der Waals surface area (Å²) in [6.45, 7) is 6.52. The first-order valence-electron chi connectivity index (χ1n) is 12.0. The first-order valence-corrected chi connectivity index (χ1v) is 14.0. The van der Waals surface area contributed by atoms with Crippen molar-refractivity contribution in [1.82, 2.24) is 24.8 Å². The largest absolute Gasteiger partial charge is 0.427 e. The van der Waals surface area contributed by atoms with Crippen LogP contribution in [0.3, 0.4) is 0 Å². The Morgan fingerprint density at radius 2 is 2.02 bits per heavy atom. The number of carbonyl (C=O) groups excluding carboxylic acids is 4. The van der Waals surface area contributed by atoms with Gasteiger partial charge in [0.25, 0.3) is 11.8 Å². The summed E-state index contributed by atoms with van der Waals surface area (Å²) in [7, 11) is 1.28. The summed E-state index contributed by atoms with van der Waals surface area (Å²) < 4.78 is 12.2. The molecule has 14 nitrogen and oxygen atoms in total. The maximum atomic E-state index is 13.3. The average Bonchev–Trinajstić information content (AvgIpc) is 3.51. The second-order valence-corrected chi connectivity index (χ2v) is 11.8. The number of hydrogen-bond donors (Lipinski definition) is 2. The number of fused-ring (bicyclic) bond motifs is 1. The van der Waals surface area contributed by atoms with Crippen LogP contribution >= 0.6 is 23.1 Å². The molecule has 0 saturated carbocycles. The first-order chi connectivity index (χ1) is 18.9. The van der Waals surface area contributed by atoms with Crippen molar-refractivity contribution in [2.45, 2.75) is 45.7 Å². The van der Waals surface area contributed by atoms with Gasteiger partial charge in [-0.1, -0.05) is 5.16 Å². The molecule has 4 rings (SSSR count). The molecule has 16 heteroatoms. The number of β-lactam (4-membered cyclic amide) rings is 1. The van der Waals surface area contributed by atoms with Gasteiger partial charge in [-0.25, -0.2) is 14.8 Å². The number of anilines is 1. The second-order valence-electron chi connectivity index (χ2n) is 9.84. The van der Waals surface area contributed by atoms with Gasteiger partial charge < -0.3 is 29.9 Å². The van der Waals surface area contributed by atoms with Crippen molar-refractivity contribution in [2.75, 3.05) is 25.4 Å². The number of carbonyl (C=O) groups is 4. The number of oxime groups is 1. The molecule has 1 unspecified atom stereocenters. The fraction of sp³-hybridized carbons (Fsp3) is 0.458. The van der Waals surface area contributed by atoms with Crippen LogP contribution in [0.5, 0.6) is 0 Å². The predicted molar refractivity (Wildman–Crippen MR) is 146 cm³/mol. The third kappa shape index (κ3) is 5.96. The lowest BCUT2D eigenvalue weighted by molar-refractivity contribution is -0.173. The molecule has 2 aromatic rings. The number of nitrogens with two attached hydrogens (primary N) is 1. The number of nitrogen functional groups attached to an aromatic ring is 1. The maximum absolute atomic E-state index is 13.3. The number of nitrogens with one attached hydrogen (secondary N) is 1. The van der Waals surface area contributed by atoms with Crippen molar-refractivity contribution in [2.24, 2.45) is 10.6 Å². The molecular weight excluding hydrogens is 562 g/mol. The minimum absolute atomic E-state index is 0.0391. The molecule has 1 fully saturated rings. The molecule has 2 aliphatic rings. The summed E-state index contributed by atoms with van der Waals surface area (Å²) in [5, 5.41) is 7.61. The molecule has 0 aromatic carbocycles. The Morgan fingerprint density at radius 1 is 1.27 bits per heavy atom. The quantitative estimate of drug-likeness (QED) is 0.140. The van der Waals surface area contributed by atoms with Crippen LogP contribution in [0.25, 0.3) is 0 Å². The summed E-state index contributed by atoms with van der Waals surface area (Å²) in [5.74, 6) is -1.48. The molecular formula is C24H29N7O7S2. The van der Waals surface area contributed by atoms with Crippen LogP contribution in [0.2, 0.25) is 0 Å². The van der Waals surface area contributed by atoms with E-state index in [-0.39, 0.29) is 28.8 Å². The Labute approximate surface area is 237 Å². The molecule has 0 bridgehead atoms. The Bertz CT molecular complexity index is 1390. The van der Waals surface area contributed by atoms with Gasteiger partial charge in [-0.15, -0.1) is 23.1 Å². The van der Waals surface area contributed by atoms with E-state index < -0.39 is 47.4 Å². The van der Waals surface area contributed by atoms with Crippen LogP contribution in [-0.4, -0.2) is 80.0 Å². The number of hydrogen-bond acceptors (Lipinski definition) is 13. The minimum atomic E-state index is -0.950. The number of amides is 2. The first kappa shape index (κ1) is 29.1. The molecule has 2 amide bonds. The lowest BCUT2D eigenvalue weighted by atomic mass is 9.98. The van der Waals surface area contributed by atoms with E-state index in [2.05, 4.69) is 20.4 Å². The van der Waals surface area contributed by atoms with Gasteiger partial charge in [-0.05, 0) is 33.3 Å². The summed E-state index contributed by atoms with van der Waals surface area (Å²) in [6.07, 6.45) is 3.39. The highest BCUT2D eigenvalue weighted by Gasteiger charge is 2.54. The smallest absolute Gasteiger partial charge is 0.358 e. The fourth-order valence-corrected chi connectivity index (χ4v) is 5.78. The van der Waals surface area contributed by atoms with Gasteiger partial charge in [-0.2, -0.15) is 0 Å². The topological polar surface area (TPSA) is 180 Å². The van der Waals surface area contributed by atoms with Gasteiger partial charge in [0.1, 0.15) is 35.7 Å². The monoisotopic (exact) mass is 591 g/mol. The van der Waals surface area contributed by atoms with Gasteiger partial charge in [0.15, 0.2) is 10.8 Å². The number of imidazole rings is 1. The lowest BCUT2D eigenvalue weighted by Crippen LogP contribution is -2.71. The van der Waals surface area contributed by atoms with Crippen molar-refractivity contribution >= 4 is 57.7 Å². The zero-order valence-corrected chi connectivity index (χ0v) is 24.1. The molecule has 2 aromatic heterocycles. The zero-order chi connectivity index (χ0) is 29.2. The number of rotatable bonds is 9. The number of nitrogens with zero attached hydrogens (tertiary/aromatic N) is 5. The summed E-state index contributed by atoms with van der Waals surface area (Å²) >= 11 is 2.51. The summed E-state index contributed by atoms with van der Waals surface area (Å²) in [4.78, 5) is 66.1. The number of thiazole rings is 1. The number of thioether (sulfide) groups is 1. The van der Waals surface area contributed by atoms with E-state index in [4.69, 9.17) is 20.0 Å². The van der Waals surface area contributed by atoms with Crippen molar-refractivity contribution in [3.8, 4) is 0 Å². The van der Waals surface area contributed by atoms with E-state index in [9.17, 15) is 19.2 Å². The molecule has 4 heterocycles. The zero-order valence-electron chi connectivity index (χ0n) is 22.5. The molecule has 214 valence electrons. The SMILES string of the molecule is CON=C(C(=O)NC1C(=O)N2C(C(=O)OCOC(=O)C(C)(C)C)=C(Cn3ccnc3C)CS[C@@H]12)c1csc(N)n1.